The fraction of sp³-hybridized carbons (Fsp3) is 0.500. The molecule has 0 aliphatic heterocycles. The average Bonchev–Trinajstić information content (AvgIpc) is 2.49. The quantitative estimate of drug-likeness (QED) is 0.748. The van der Waals surface area contributed by atoms with Crippen LogP contribution in [0.2, 0.25) is 0 Å². The molecular weight excluding hydrogens is 288 g/mol. The van der Waals surface area contributed by atoms with Crippen LogP contribution in [0.4, 0.5) is 0 Å². The predicted molar refractivity (Wildman–Crippen MR) is 91.4 cm³/mol. The second kappa shape index (κ2) is 5.81. The Balaban J connectivity index is 2.06. The fourth-order valence-electron chi connectivity index (χ4n) is 4.86. The molecule has 1 aromatic carbocycles. The molecule has 1 fully saturated rings. The van der Waals surface area contributed by atoms with Gasteiger partial charge in [-0.05, 0) is 67.7 Å². The van der Waals surface area contributed by atoms with Crippen molar-refractivity contribution in [2.24, 2.45) is 5.92 Å². The lowest BCUT2D eigenvalue weighted by Crippen LogP contribution is -2.57. The van der Waals surface area contributed by atoms with E-state index < -0.39 is 11.7 Å². The van der Waals surface area contributed by atoms with Crippen molar-refractivity contribution in [1.82, 2.24) is 0 Å². The number of hydrogen-bond acceptors (Lipinski definition) is 3. The lowest BCUT2D eigenvalue weighted by atomic mass is 9.52. The summed E-state index contributed by atoms with van der Waals surface area (Å²) in [5, 5.41) is 31.3. The Kier molecular flexibility index (Phi) is 4.11. The molecule has 0 radical (unpaired) electrons. The number of aryl methyl sites for hydroxylation is 1. The van der Waals surface area contributed by atoms with Gasteiger partial charge in [0.1, 0.15) is 5.75 Å². The van der Waals surface area contributed by atoms with E-state index >= 15 is 0 Å². The van der Waals surface area contributed by atoms with Crippen molar-refractivity contribution in [3.05, 3.63) is 54.6 Å². The molecule has 4 atom stereocenters. The minimum atomic E-state index is -1.08. The van der Waals surface area contributed by atoms with E-state index in [9.17, 15) is 15.3 Å². The Morgan fingerprint density at radius 2 is 1.91 bits per heavy atom. The molecule has 1 aromatic rings. The number of phenolic OH excluding ortho intramolecular Hbond substituents is 1. The molecule has 0 spiro atoms. The van der Waals surface area contributed by atoms with Gasteiger partial charge < -0.3 is 15.3 Å². The van der Waals surface area contributed by atoms with E-state index in [1.54, 1.807) is 12.1 Å². The van der Waals surface area contributed by atoms with Gasteiger partial charge in [-0.3, -0.25) is 0 Å². The van der Waals surface area contributed by atoms with Crippen LogP contribution >= 0.6 is 0 Å². The van der Waals surface area contributed by atoms with Crippen LogP contribution in [0.1, 0.15) is 43.2 Å². The molecule has 3 N–H and O–H groups in total. The van der Waals surface area contributed by atoms with Crippen LogP contribution in [0.25, 0.3) is 0 Å². The summed E-state index contributed by atoms with van der Waals surface area (Å²) in [7, 11) is 0. The largest absolute Gasteiger partial charge is 0.508 e. The van der Waals surface area contributed by atoms with E-state index in [4.69, 9.17) is 0 Å². The standard InChI is InChI=1S/C20H26O3/c1-3-9-19-13-18(22)20(23,10-4-2)12-15(19)6-5-14-11-16(21)7-8-17(14)19/h3-4,7-8,11,15,18,21-23H,1-2,5-6,9-10,12-13H2/t15-,18-,19-,20+/m1/s1. The summed E-state index contributed by atoms with van der Waals surface area (Å²) in [6.45, 7) is 7.64. The zero-order valence-corrected chi connectivity index (χ0v) is 13.5. The van der Waals surface area contributed by atoms with Crippen LogP contribution in [0.3, 0.4) is 0 Å². The number of fused-ring (bicyclic) bond motifs is 3. The molecule has 0 unspecified atom stereocenters. The summed E-state index contributed by atoms with van der Waals surface area (Å²) in [5.74, 6) is 0.585. The Bertz CT molecular complexity index is 623. The number of hydrogen-bond donors (Lipinski definition) is 3. The van der Waals surface area contributed by atoms with Gasteiger partial charge >= 0.3 is 0 Å². The van der Waals surface area contributed by atoms with Crippen LogP contribution in [-0.4, -0.2) is 27.0 Å². The SMILES string of the molecule is C=CC[C@]1(O)C[C@H]2CCc3cc(O)ccc3[C@]2(CC=C)C[C@H]1O. The molecule has 2 aliphatic rings. The molecule has 0 bridgehead atoms. The topological polar surface area (TPSA) is 60.7 Å². The summed E-state index contributed by atoms with van der Waals surface area (Å²) >= 11 is 0. The fourth-order valence-corrected chi connectivity index (χ4v) is 4.86. The number of aromatic hydroxyl groups is 1. The smallest absolute Gasteiger partial charge is 0.115 e. The third-order valence-corrected chi connectivity index (χ3v) is 5.95. The van der Waals surface area contributed by atoms with Gasteiger partial charge in [-0.1, -0.05) is 18.2 Å². The number of benzene rings is 1. The maximum Gasteiger partial charge on any atom is 0.115 e. The van der Waals surface area contributed by atoms with Gasteiger partial charge in [-0.2, -0.15) is 0 Å². The third kappa shape index (κ3) is 2.52. The number of rotatable bonds is 4. The van der Waals surface area contributed by atoms with Crippen LogP contribution in [0.15, 0.2) is 43.5 Å². The van der Waals surface area contributed by atoms with E-state index in [-0.39, 0.29) is 11.2 Å². The van der Waals surface area contributed by atoms with E-state index in [1.807, 2.05) is 18.2 Å². The zero-order chi connectivity index (χ0) is 16.7. The van der Waals surface area contributed by atoms with Crippen LogP contribution < -0.4 is 0 Å². The number of allylic oxidation sites excluding steroid dienone is 1. The monoisotopic (exact) mass is 314 g/mol. The number of aliphatic hydroxyl groups excluding tert-OH is 1. The Morgan fingerprint density at radius 3 is 2.61 bits per heavy atom. The molecule has 1 saturated carbocycles. The van der Waals surface area contributed by atoms with Crippen molar-refractivity contribution in [3.63, 3.8) is 0 Å². The van der Waals surface area contributed by atoms with Crippen molar-refractivity contribution in [2.75, 3.05) is 0 Å². The molecule has 3 nitrogen and oxygen atoms in total. The van der Waals surface area contributed by atoms with Crippen molar-refractivity contribution in [3.8, 4) is 5.75 Å². The van der Waals surface area contributed by atoms with Gasteiger partial charge in [0.15, 0.2) is 0 Å². The Hall–Kier alpha value is -1.58. The van der Waals surface area contributed by atoms with Gasteiger partial charge in [0, 0.05) is 5.41 Å². The Labute approximate surface area is 138 Å². The molecule has 0 amide bonds. The van der Waals surface area contributed by atoms with Crippen LogP contribution in [-0.2, 0) is 11.8 Å². The van der Waals surface area contributed by atoms with Crippen molar-refractivity contribution in [2.45, 2.75) is 55.6 Å². The first-order chi connectivity index (χ1) is 10.9. The van der Waals surface area contributed by atoms with Gasteiger partial charge in [-0.15, -0.1) is 13.2 Å². The van der Waals surface area contributed by atoms with E-state index in [0.717, 1.165) is 24.8 Å². The normalized spacial score (nSPS) is 35.9. The molecule has 3 rings (SSSR count). The van der Waals surface area contributed by atoms with E-state index in [0.29, 0.717) is 25.2 Å². The molecule has 0 saturated heterocycles. The highest BCUT2D eigenvalue weighted by molar-refractivity contribution is 5.44. The van der Waals surface area contributed by atoms with Crippen molar-refractivity contribution in [1.29, 1.82) is 0 Å². The molecule has 3 heteroatoms. The van der Waals surface area contributed by atoms with Crippen LogP contribution in [0, 0.1) is 5.92 Å². The zero-order valence-electron chi connectivity index (χ0n) is 13.5. The van der Waals surface area contributed by atoms with E-state index in [2.05, 4.69) is 13.2 Å². The number of aliphatic hydroxyl groups is 2. The third-order valence-electron chi connectivity index (χ3n) is 5.95. The van der Waals surface area contributed by atoms with Gasteiger partial charge in [-0.25, -0.2) is 0 Å². The highest BCUT2D eigenvalue weighted by Crippen LogP contribution is 2.55. The Morgan fingerprint density at radius 1 is 1.17 bits per heavy atom. The maximum atomic E-state index is 10.9. The molecule has 124 valence electrons. The summed E-state index contributed by atoms with van der Waals surface area (Å²) in [6, 6.07) is 5.56. The maximum absolute atomic E-state index is 10.9. The first-order valence-electron chi connectivity index (χ1n) is 8.40. The van der Waals surface area contributed by atoms with Gasteiger partial charge in [0.25, 0.3) is 0 Å². The summed E-state index contributed by atoms with van der Waals surface area (Å²) < 4.78 is 0. The highest BCUT2D eigenvalue weighted by atomic mass is 16.3. The number of phenols is 1. The van der Waals surface area contributed by atoms with Gasteiger partial charge in [0.2, 0.25) is 0 Å². The molecule has 23 heavy (non-hydrogen) atoms. The van der Waals surface area contributed by atoms with Crippen LogP contribution in [0.5, 0.6) is 5.75 Å². The van der Waals surface area contributed by atoms with E-state index in [1.165, 1.54) is 5.56 Å². The summed E-state index contributed by atoms with van der Waals surface area (Å²) in [5.41, 5.74) is 1.08. The van der Waals surface area contributed by atoms with Gasteiger partial charge in [0.05, 0.1) is 11.7 Å². The lowest BCUT2D eigenvalue weighted by Gasteiger charge is -2.55. The lowest BCUT2D eigenvalue weighted by molar-refractivity contribution is -0.137. The van der Waals surface area contributed by atoms with Crippen molar-refractivity contribution < 1.29 is 15.3 Å². The highest BCUT2D eigenvalue weighted by Gasteiger charge is 2.54. The summed E-state index contributed by atoms with van der Waals surface area (Å²) in [6.07, 6.45) is 6.97. The minimum Gasteiger partial charge on any atom is -0.508 e. The first-order valence-corrected chi connectivity index (χ1v) is 8.40. The van der Waals surface area contributed by atoms with Crippen molar-refractivity contribution >= 4 is 0 Å². The predicted octanol–water partition coefficient (Wildman–Crippen LogP) is 3.23. The second-order valence-electron chi connectivity index (χ2n) is 7.25. The molecule has 0 aromatic heterocycles. The summed E-state index contributed by atoms with van der Waals surface area (Å²) in [4.78, 5) is 0. The second-order valence-corrected chi connectivity index (χ2v) is 7.25. The minimum absolute atomic E-state index is 0.199. The molecule has 0 heterocycles. The first kappa shape index (κ1) is 16.3. The average molecular weight is 314 g/mol. The molecular formula is C20H26O3. The molecule has 2 aliphatic carbocycles.